The van der Waals surface area contributed by atoms with Gasteiger partial charge >= 0.3 is 5.97 Å². The minimum atomic E-state index is -3.38. The highest BCUT2D eigenvalue weighted by Crippen LogP contribution is 2.27. The maximum Gasteiger partial charge on any atom is 0.320 e. The summed E-state index contributed by atoms with van der Waals surface area (Å²) in [5.41, 5.74) is 0. The summed E-state index contributed by atoms with van der Waals surface area (Å²) < 4.78 is 24.8. The minimum absolute atomic E-state index is 0.127. The summed E-state index contributed by atoms with van der Waals surface area (Å²) >= 11 is 0. The normalized spacial score (nSPS) is 22.6. The number of hydrogen-bond donors (Lipinski definition) is 1. The van der Waals surface area contributed by atoms with Crippen molar-refractivity contribution in [2.45, 2.75) is 62.6 Å². The summed E-state index contributed by atoms with van der Waals surface area (Å²) in [6.07, 6.45) is 2.99. The number of carboxylic acids is 1. The molecule has 1 saturated heterocycles. The quantitative estimate of drug-likeness (QED) is 0.707. The number of carbonyl (C=O) groups excluding carboxylic acids is 1. The average molecular weight is 305 g/mol. The largest absolute Gasteiger partial charge is 0.480 e. The van der Waals surface area contributed by atoms with Gasteiger partial charge in [-0.2, -0.15) is 0 Å². The Bertz CT molecular complexity index is 446. The van der Waals surface area contributed by atoms with Gasteiger partial charge in [0.05, 0.1) is 5.25 Å². The number of aliphatic carboxylic acids is 1. The molecule has 1 heterocycles. The molecule has 6 nitrogen and oxygen atoms in total. The molecule has 0 radical (unpaired) electrons. The van der Waals surface area contributed by atoms with Gasteiger partial charge in [-0.1, -0.05) is 0 Å². The first kappa shape index (κ1) is 17.1. The van der Waals surface area contributed by atoms with Crippen molar-refractivity contribution in [1.82, 2.24) is 4.90 Å². The van der Waals surface area contributed by atoms with Crippen molar-refractivity contribution in [3.63, 3.8) is 0 Å². The number of likely N-dealkylation sites (tertiary alicyclic amines) is 1. The highest BCUT2D eigenvalue weighted by molar-refractivity contribution is 7.92. The molecule has 2 unspecified atom stereocenters. The summed E-state index contributed by atoms with van der Waals surface area (Å²) in [5.74, 6) is -1.06. The van der Waals surface area contributed by atoms with Crippen LogP contribution < -0.4 is 0 Å². The van der Waals surface area contributed by atoms with Crippen molar-refractivity contribution in [1.29, 1.82) is 0 Å². The van der Waals surface area contributed by atoms with E-state index in [1.54, 1.807) is 18.7 Å². The summed E-state index contributed by atoms with van der Waals surface area (Å²) in [7, 11) is -3.38. The van der Waals surface area contributed by atoms with Crippen LogP contribution in [0.15, 0.2) is 0 Å². The predicted molar refractivity (Wildman–Crippen MR) is 75.1 cm³/mol. The van der Waals surface area contributed by atoms with E-state index in [2.05, 4.69) is 0 Å². The Hall–Kier alpha value is -0.950. The fraction of sp³-hybridized carbons (Fsp3) is 0.846. The molecule has 1 aliphatic heterocycles. The van der Waals surface area contributed by atoms with E-state index in [1.807, 2.05) is 0 Å². The molecule has 0 spiro atoms. The highest BCUT2D eigenvalue weighted by Gasteiger charge is 2.40. The molecule has 0 aromatic heterocycles. The lowest BCUT2D eigenvalue weighted by molar-refractivity contribution is -0.144. The fourth-order valence-electron chi connectivity index (χ4n) is 2.60. The van der Waals surface area contributed by atoms with Crippen LogP contribution in [0.3, 0.4) is 0 Å². The lowest BCUT2D eigenvalue weighted by Gasteiger charge is -2.39. The predicted octanol–water partition coefficient (Wildman–Crippen LogP) is 1.05. The van der Waals surface area contributed by atoms with E-state index in [-0.39, 0.29) is 12.8 Å². The van der Waals surface area contributed by atoms with Crippen LogP contribution in [0, 0.1) is 0 Å². The van der Waals surface area contributed by atoms with E-state index in [0.717, 1.165) is 12.8 Å². The third-order valence-corrected chi connectivity index (χ3v) is 6.35. The fourth-order valence-corrected chi connectivity index (χ4v) is 4.36. The molecule has 1 fully saturated rings. The van der Waals surface area contributed by atoms with Gasteiger partial charge in [0.15, 0.2) is 9.84 Å². The van der Waals surface area contributed by atoms with Crippen molar-refractivity contribution in [2.24, 2.45) is 0 Å². The van der Waals surface area contributed by atoms with Crippen molar-refractivity contribution >= 4 is 22.1 Å². The second kappa shape index (κ2) is 7.17. The molecule has 20 heavy (non-hydrogen) atoms. The SMILES string of the molecule is CC(C)S(=O)(=O)C1CCCCN1C(CCC=O)C(=O)O. The molecule has 0 bridgehead atoms. The molecule has 0 aromatic carbocycles. The number of aldehydes is 1. The first-order valence-corrected chi connectivity index (χ1v) is 8.58. The van der Waals surface area contributed by atoms with Crippen LogP contribution in [0.4, 0.5) is 0 Å². The van der Waals surface area contributed by atoms with E-state index >= 15 is 0 Å². The van der Waals surface area contributed by atoms with E-state index in [4.69, 9.17) is 0 Å². The van der Waals surface area contributed by atoms with Crippen LogP contribution in [0.2, 0.25) is 0 Å². The smallest absolute Gasteiger partial charge is 0.320 e. The van der Waals surface area contributed by atoms with Crippen LogP contribution in [0.25, 0.3) is 0 Å². The number of nitrogens with zero attached hydrogens (tertiary/aromatic N) is 1. The van der Waals surface area contributed by atoms with Gasteiger partial charge in [0.1, 0.15) is 17.7 Å². The van der Waals surface area contributed by atoms with Gasteiger partial charge in [-0.3, -0.25) is 9.69 Å². The van der Waals surface area contributed by atoms with Crippen LogP contribution in [0.1, 0.15) is 46.0 Å². The third-order valence-electron chi connectivity index (χ3n) is 3.77. The topological polar surface area (TPSA) is 91.8 Å². The lowest BCUT2D eigenvalue weighted by atomic mass is 10.0. The second-order valence-corrected chi connectivity index (χ2v) is 8.09. The van der Waals surface area contributed by atoms with E-state index in [9.17, 15) is 23.1 Å². The van der Waals surface area contributed by atoms with E-state index in [0.29, 0.717) is 19.3 Å². The summed E-state index contributed by atoms with van der Waals surface area (Å²) in [4.78, 5) is 23.4. The number of carboxylic acid groups (broad SMARTS) is 1. The first-order valence-electron chi connectivity index (χ1n) is 6.97. The Balaban J connectivity index is 3.02. The Morgan fingerprint density at radius 3 is 2.55 bits per heavy atom. The molecular weight excluding hydrogens is 282 g/mol. The van der Waals surface area contributed by atoms with Gasteiger partial charge in [-0.05, 0) is 39.5 Å². The molecule has 0 saturated carbocycles. The monoisotopic (exact) mass is 305 g/mol. The Morgan fingerprint density at radius 2 is 2.05 bits per heavy atom. The van der Waals surface area contributed by atoms with Crippen LogP contribution in [-0.4, -0.2) is 53.9 Å². The zero-order chi connectivity index (χ0) is 15.3. The Morgan fingerprint density at radius 1 is 1.40 bits per heavy atom. The first-order chi connectivity index (χ1) is 9.32. The Labute approximate surface area is 120 Å². The summed E-state index contributed by atoms with van der Waals surface area (Å²) in [5, 5.41) is 8.04. The summed E-state index contributed by atoms with van der Waals surface area (Å²) in [6, 6.07) is -0.904. The third kappa shape index (κ3) is 3.79. The van der Waals surface area contributed by atoms with Gasteiger partial charge in [0.25, 0.3) is 0 Å². The van der Waals surface area contributed by atoms with Gasteiger partial charge < -0.3 is 9.90 Å². The minimum Gasteiger partial charge on any atom is -0.480 e. The van der Waals surface area contributed by atoms with Crippen LogP contribution in [-0.2, 0) is 19.4 Å². The van der Waals surface area contributed by atoms with Gasteiger partial charge in [-0.15, -0.1) is 0 Å². The van der Waals surface area contributed by atoms with Crippen molar-refractivity contribution < 1.29 is 23.1 Å². The highest BCUT2D eigenvalue weighted by atomic mass is 32.2. The van der Waals surface area contributed by atoms with E-state index < -0.39 is 32.5 Å². The molecule has 0 amide bonds. The molecule has 1 aliphatic rings. The average Bonchev–Trinajstić information content (AvgIpc) is 2.39. The van der Waals surface area contributed by atoms with E-state index in [1.165, 1.54) is 0 Å². The van der Waals surface area contributed by atoms with Gasteiger partial charge in [0.2, 0.25) is 0 Å². The molecule has 116 valence electrons. The van der Waals surface area contributed by atoms with Gasteiger partial charge in [0, 0.05) is 13.0 Å². The zero-order valence-corrected chi connectivity index (χ0v) is 12.8. The maximum atomic E-state index is 12.4. The maximum absolute atomic E-state index is 12.4. The molecule has 1 rings (SSSR count). The number of hydrogen-bond acceptors (Lipinski definition) is 5. The number of carbonyl (C=O) groups is 2. The molecule has 0 aliphatic carbocycles. The molecular formula is C13H23NO5S. The Kier molecular flexibility index (Phi) is 6.13. The zero-order valence-electron chi connectivity index (χ0n) is 12.0. The molecule has 1 N–H and O–H groups in total. The van der Waals surface area contributed by atoms with Gasteiger partial charge in [-0.25, -0.2) is 8.42 Å². The second-order valence-electron chi connectivity index (χ2n) is 5.42. The standard InChI is InChI=1S/C13H23NO5S/c1-10(2)20(18,19)12-7-3-4-8-14(12)11(13(16)17)6-5-9-15/h9-12H,3-8H2,1-2H3,(H,16,17). The van der Waals surface area contributed by atoms with Crippen molar-refractivity contribution in [2.75, 3.05) is 6.54 Å². The van der Waals surface area contributed by atoms with Crippen LogP contribution >= 0.6 is 0 Å². The molecule has 0 aromatic rings. The number of rotatable bonds is 7. The number of sulfone groups is 1. The lowest BCUT2D eigenvalue weighted by Crippen LogP contribution is -2.54. The van der Waals surface area contributed by atoms with Crippen molar-refractivity contribution in [3.8, 4) is 0 Å². The molecule has 2 atom stereocenters. The number of piperidine rings is 1. The van der Waals surface area contributed by atoms with Crippen LogP contribution in [0.5, 0.6) is 0 Å². The summed E-state index contributed by atoms with van der Waals surface area (Å²) in [6.45, 7) is 3.68. The van der Waals surface area contributed by atoms with Crippen molar-refractivity contribution in [3.05, 3.63) is 0 Å². The molecule has 7 heteroatoms.